The van der Waals surface area contributed by atoms with Crippen LogP contribution >= 0.6 is 10.9 Å². The van der Waals surface area contributed by atoms with Crippen molar-refractivity contribution in [1.82, 2.24) is 0 Å². The molecule has 4 nitrogen and oxygen atoms in total. The standard InChI is InChI=1S/C10H16F2O4S/c1-6-10(2,16-9(13)15-6)14-5-7(11)8(12)17(3)4/h6,17H,5H2,1-4H3/b8-7-. The molecule has 2 unspecified atom stereocenters. The van der Waals surface area contributed by atoms with E-state index in [0.717, 1.165) is 0 Å². The zero-order valence-corrected chi connectivity index (χ0v) is 11.0. The topological polar surface area (TPSA) is 44.8 Å². The van der Waals surface area contributed by atoms with Gasteiger partial charge in [-0.1, -0.05) is 0 Å². The molecule has 0 N–H and O–H groups in total. The van der Waals surface area contributed by atoms with E-state index in [4.69, 9.17) is 14.2 Å². The summed E-state index contributed by atoms with van der Waals surface area (Å²) in [5.41, 5.74) is 0. The lowest BCUT2D eigenvalue weighted by Crippen LogP contribution is -2.38. The number of thiol groups is 1. The van der Waals surface area contributed by atoms with Gasteiger partial charge in [0.1, 0.15) is 6.61 Å². The van der Waals surface area contributed by atoms with Crippen LogP contribution in [0, 0.1) is 0 Å². The van der Waals surface area contributed by atoms with Crippen LogP contribution in [0.5, 0.6) is 0 Å². The second kappa shape index (κ2) is 5.22. The average Bonchev–Trinajstić information content (AvgIpc) is 2.48. The van der Waals surface area contributed by atoms with Crippen LogP contribution in [0.2, 0.25) is 0 Å². The predicted molar refractivity (Wildman–Crippen MR) is 61.5 cm³/mol. The number of hydrogen-bond donors (Lipinski definition) is 1. The number of ether oxygens (including phenoxy) is 3. The molecule has 0 aromatic carbocycles. The summed E-state index contributed by atoms with van der Waals surface area (Å²) in [5.74, 6) is -2.35. The minimum Gasteiger partial charge on any atom is -0.424 e. The highest BCUT2D eigenvalue weighted by molar-refractivity contribution is 8.19. The molecule has 0 aromatic rings. The van der Waals surface area contributed by atoms with E-state index in [1.165, 1.54) is 6.92 Å². The third-order valence-corrected chi connectivity index (χ3v) is 3.43. The summed E-state index contributed by atoms with van der Waals surface area (Å²) in [6, 6.07) is 0. The van der Waals surface area contributed by atoms with Gasteiger partial charge >= 0.3 is 6.16 Å². The Kier molecular flexibility index (Phi) is 4.37. The summed E-state index contributed by atoms with van der Waals surface area (Å²) in [5, 5.41) is -0.804. The lowest BCUT2D eigenvalue weighted by Gasteiger charge is -2.24. The van der Waals surface area contributed by atoms with Gasteiger partial charge in [-0.25, -0.2) is 20.1 Å². The maximum Gasteiger partial charge on any atom is 0.511 e. The lowest BCUT2D eigenvalue weighted by atomic mass is 10.2. The van der Waals surface area contributed by atoms with Crippen molar-refractivity contribution in [3.05, 3.63) is 11.0 Å². The van der Waals surface area contributed by atoms with Crippen molar-refractivity contribution in [2.24, 2.45) is 0 Å². The molecule has 1 saturated heterocycles. The Morgan fingerprint density at radius 2 is 2.12 bits per heavy atom. The molecule has 1 fully saturated rings. The molecule has 100 valence electrons. The fourth-order valence-corrected chi connectivity index (χ4v) is 1.73. The molecule has 0 spiro atoms. The summed E-state index contributed by atoms with van der Waals surface area (Å²) in [4.78, 5) is 10.9. The van der Waals surface area contributed by atoms with E-state index in [2.05, 4.69) is 0 Å². The van der Waals surface area contributed by atoms with E-state index in [0.29, 0.717) is 0 Å². The molecule has 2 atom stereocenters. The Labute approximate surface area is 101 Å². The molecule has 0 saturated carbocycles. The number of cyclic esters (lactones) is 2. The molecule has 7 heteroatoms. The molecule has 0 amide bonds. The van der Waals surface area contributed by atoms with E-state index >= 15 is 0 Å². The first kappa shape index (κ1) is 14.2. The highest BCUT2D eigenvalue weighted by Gasteiger charge is 2.46. The van der Waals surface area contributed by atoms with E-state index in [1.807, 2.05) is 0 Å². The van der Waals surface area contributed by atoms with Crippen LogP contribution in [0.4, 0.5) is 13.6 Å². The van der Waals surface area contributed by atoms with Crippen LogP contribution in [-0.2, 0) is 14.2 Å². The highest BCUT2D eigenvalue weighted by atomic mass is 32.2. The Balaban J connectivity index is 2.62. The molecule has 0 radical (unpaired) electrons. The van der Waals surface area contributed by atoms with Gasteiger partial charge in [-0.3, -0.25) is 0 Å². The molecule has 17 heavy (non-hydrogen) atoms. The quantitative estimate of drug-likeness (QED) is 0.630. The van der Waals surface area contributed by atoms with Gasteiger partial charge in [-0.05, 0) is 19.4 Å². The van der Waals surface area contributed by atoms with Crippen LogP contribution in [0.15, 0.2) is 11.0 Å². The first-order chi connectivity index (χ1) is 7.76. The van der Waals surface area contributed by atoms with Crippen molar-refractivity contribution >= 4 is 17.1 Å². The number of carbonyl (C=O) groups is 1. The Hall–Kier alpha value is -0.820. The van der Waals surface area contributed by atoms with Crippen molar-refractivity contribution in [1.29, 1.82) is 0 Å². The minimum absolute atomic E-state index is 0.580. The summed E-state index contributed by atoms with van der Waals surface area (Å²) in [6.45, 7) is 2.41. The number of carbonyl (C=O) groups excluding carboxylic acids is 1. The van der Waals surface area contributed by atoms with Gasteiger partial charge in [-0.2, -0.15) is 4.39 Å². The van der Waals surface area contributed by atoms with Crippen LogP contribution in [0.3, 0.4) is 0 Å². The van der Waals surface area contributed by atoms with Gasteiger partial charge in [0.25, 0.3) is 5.79 Å². The normalized spacial score (nSPS) is 30.6. The van der Waals surface area contributed by atoms with Gasteiger partial charge in [-0.15, -0.1) is 0 Å². The molecule has 0 bridgehead atoms. The third kappa shape index (κ3) is 3.32. The van der Waals surface area contributed by atoms with E-state index in [1.54, 1.807) is 19.4 Å². The molecule has 1 heterocycles. The molecule has 1 rings (SSSR count). The number of hydrogen-bond acceptors (Lipinski definition) is 4. The smallest absolute Gasteiger partial charge is 0.424 e. The van der Waals surface area contributed by atoms with Crippen LogP contribution in [-0.4, -0.2) is 37.2 Å². The SMILES string of the molecule is CC1OC(=O)OC1(C)OC/C(F)=C(\F)[SH](C)C. The van der Waals surface area contributed by atoms with Crippen LogP contribution < -0.4 is 0 Å². The molecule has 0 aromatic heterocycles. The Bertz CT molecular complexity index is 345. The van der Waals surface area contributed by atoms with E-state index in [9.17, 15) is 13.6 Å². The predicted octanol–water partition coefficient (Wildman–Crippen LogP) is 2.64. The van der Waals surface area contributed by atoms with Gasteiger partial charge in [0.05, 0.1) is 0 Å². The van der Waals surface area contributed by atoms with E-state index in [-0.39, 0.29) is 0 Å². The van der Waals surface area contributed by atoms with Crippen molar-refractivity contribution in [2.75, 3.05) is 19.1 Å². The fourth-order valence-electron chi connectivity index (χ4n) is 1.18. The maximum absolute atomic E-state index is 13.3. The summed E-state index contributed by atoms with van der Waals surface area (Å²) in [7, 11) is -1.14. The van der Waals surface area contributed by atoms with Gasteiger partial charge in [0, 0.05) is 6.92 Å². The zero-order valence-electron chi connectivity index (χ0n) is 10.1. The minimum atomic E-state index is -1.38. The van der Waals surface area contributed by atoms with Gasteiger partial charge < -0.3 is 14.2 Å². The fraction of sp³-hybridized carbons (Fsp3) is 0.700. The second-order valence-corrected chi connectivity index (χ2v) is 6.19. The Morgan fingerprint density at radius 1 is 1.53 bits per heavy atom. The summed E-state index contributed by atoms with van der Waals surface area (Å²) in [6.07, 6.45) is 1.63. The number of halogens is 2. The molecular formula is C10H16F2O4S. The second-order valence-electron chi connectivity index (χ2n) is 4.01. The molecule has 1 aliphatic heterocycles. The third-order valence-electron chi connectivity index (χ3n) is 2.40. The first-order valence-electron chi connectivity index (χ1n) is 5.01. The largest absolute Gasteiger partial charge is 0.511 e. The van der Waals surface area contributed by atoms with Crippen LogP contribution in [0.25, 0.3) is 0 Å². The zero-order chi connectivity index (χ0) is 13.2. The van der Waals surface area contributed by atoms with Crippen molar-refractivity contribution in [3.8, 4) is 0 Å². The van der Waals surface area contributed by atoms with Gasteiger partial charge in [0.15, 0.2) is 17.1 Å². The molecule has 1 aliphatic rings. The van der Waals surface area contributed by atoms with E-state index < -0.39 is 46.5 Å². The summed E-state index contributed by atoms with van der Waals surface area (Å²) >= 11 is 0. The van der Waals surface area contributed by atoms with Crippen molar-refractivity contribution in [3.63, 3.8) is 0 Å². The molecule has 0 aliphatic carbocycles. The first-order valence-corrected chi connectivity index (χ1v) is 7.25. The maximum atomic E-state index is 13.3. The van der Waals surface area contributed by atoms with Crippen LogP contribution in [0.1, 0.15) is 13.8 Å². The lowest BCUT2D eigenvalue weighted by molar-refractivity contribution is -0.183. The molecular weight excluding hydrogens is 254 g/mol. The average molecular weight is 270 g/mol. The summed E-state index contributed by atoms with van der Waals surface area (Å²) < 4.78 is 41.1. The van der Waals surface area contributed by atoms with Crippen molar-refractivity contribution < 1.29 is 27.8 Å². The van der Waals surface area contributed by atoms with Crippen molar-refractivity contribution in [2.45, 2.75) is 25.7 Å². The Morgan fingerprint density at radius 3 is 2.53 bits per heavy atom. The highest BCUT2D eigenvalue weighted by Crippen LogP contribution is 2.33. The van der Waals surface area contributed by atoms with Gasteiger partial charge in [0.2, 0.25) is 0 Å². The monoisotopic (exact) mass is 270 g/mol. The number of rotatable bonds is 4.